The van der Waals surface area contributed by atoms with Crippen LogP contribution in [0, 0.1) is 0 Å². The van der Waals surface area contributed by atoms with Crippen molar-refractivity contribution in [2.75, 3.05) is 13.2 Å². The summed E-state index contributed by atoms with van der Waals surface area (Å²) in [5, 5.41) is 0. The first kappa shape index (κ1) is 17.1. The van der Waals surface area contributed by atoms with Crippen molar-refractivity contribution < 1.29 is 9.47 Å². The molecule has 0 aliphatic carbocycles. The number of unbranched alkanes of at least 4 members (excludes halogenated alkanes) is 6. The van der Waals surface area contributed by atoms with Gasteiger partial charge in [-0.15, -0.1) is 0 Å². The normalized spacial score (nSPS) is 20.5. The monoisotopic (exact) mass is 302 g/mol. The Hall–Kier alpha value is -1.28. The number of hydrogen-bond acceptors (Lipinski definition) is 2. The van der Waals surface area contributed by atoms with E-state index >= 15 is 0 Å². The maximum atomic E-state index is 5.91. The van der Waals surface area contributed by atoms with Gasteiger partial charge in [0.25, 0.3) is 0 Å². The van der Waals surface area contributed by atoms with Gasteiger partial charge in [-0.2, -0.15) is 0 Å². The number of para-hydroxylation sites is 1. The van der Waals surface area contributed by atoms with Crippen molar-refractivity contribution in [2.45, 2.75) is 64.4 Å². The molecule has 2 nitrogen and oxygen atoms in total. The van der Waals surface area contributed by atoms with Gasteiger partial charge < -0.3 is 9.47 Å². The highest BCUT2D eigenvalue weighted by atomic mass is 16.6. The van der Waals surface area contributed by atoms with Crippen molar-refractivity contribution in [2.24, 2.45) is 0 Å². The standard InChI is InChI=1S/C20H30O2/c1-3-4-5-6-7-8-9-10-13-18-14-11-12-15-19(18)21-16-20(2)17-22-20/h10-15H,3-9,16-17H2,1-2H3/b13-10+. The Labute approximate surface area is 135 Å². The van der Waals surface area contributed by atoms with Crippen LogP contribution >= 0.6 is 0 Å². The number of allylic oxidation sites excluding steroid dienone is 1. The summed E-state index contributed by atoms with van der Waals surface area (Å²) >= 11 is 0. The number of epoxide rings is 1. The first-order chi connectivity index (χ1) is 10.7. The fraction of sp³-hybridized carbons (Fsp3) is 0.600. The second kappa shape index (κ2) is 8.99. The summed E-state index contributed by atoms with van der Waals surface area (Å²) in [6, 6.07) is 8.24. The Bertz CT molecular complexity index is 461. The van der Waals surface area contributed by atoms with Gasteiger partial charge in [-0.05, 0) is 25.8 Å². The summed E-state index contributed by atoms with van der Waals surface area (Å²) in [5.41, 5.74) is 1.10. The molecule has 1 aromatic rings. The second-order valence-electron chi connectivity index (χ2n) is 6.52. The minimum Gasteiger partial charge on any atom is -0.490 e. The molecule has 1 heterocycles. The van der Waals surface area contributed by atoms with E-state index in [1.54, 1.807) is 0 Å². The first-order valence-corrected chi connectivity index (χ1v) is 8.76. The van der Waals surface area contributed by atoms with E-state index in [-0.39, 0.29) is 5.60 Å². The maximum Gasteiger partial charge on any atom is 0.126 e. The summed E-state index contributed by atoms with van der Waals surface area (Å²) in [7, 11) is 0. The summed E-state index contributed by atoms with van der Waals surface area (Å²) in [6.07, 6.45) is 13.7. The van der Waals surface area contributed by atoms with E-state index in [1.807, 2.05) is 12.1 Å². The smallest absolute Gasteiger partial charge is 0.126 e. The molecule has 0 spiro atoms. The lowest BCUT2D eigenvalue weighted by Crippen LogP contribution is -2.17. The molecule has 1 unspecified atom stereocenters. The number of rotatable bonds is 11. The molecule has 22 heavy (non-hydrogen) atoms. The molecular weight excluding hydrogens is 272 g/mol. The summed E-state index contributed by atoms with van der Waals surface area (Å²) in [5.74, 6) is 0.957. The molecule has 1 saturated heterocycles. The number of ether oxygens (including phenoxy) is 2. The van der Waals surface area contributed by atoms with Gasteiger partial charge in [-0.1, -0.05) is 69.4 Å². The predicted octanol–water partition coefficient (Wildman–Crippen LogP) is 5.62. The van der Waals surface area contributed by atoms with Crippen LogP contribution in [0.2, 0.25) is 0 Å². The molecule has 1 fully saturated rings. The molecule has 1 aromatic carbocycles. The van der Waals surface area contributed by atoms with Crippen LogP contribution in [0.25, 0.3) is 6.08 Å². The van der Waals surface area contributed by atoms with Crippen LogP contribution in [0.5, 0.6) is 5.75 Å². The van der Waals surface area contributed by atoms with Crippen molar-refractivity contribution >= 4 is 6.08 Å². The highest BCUT2D eigenvalue weighted by Crippen LogP contribution is 2.28. The van der Waals surface area contributed by atoms with E-state index in [1.165, 1.54) is 38.5 Å². The third-order valence-electron chi connectivity index (χ3n) is 4.11. The van der Waals surface area contributed by atoms with Crippen molar-refractivity contribution in [3.05, 3.63) is 35.9 Å². The average Bonchev–Trinajstić information content (AvgIpc) is 3.27. The minimum absolute atomic E-state index is 0.0602. The number of benzene rings is 1. The predicted molar refractivity (Wildman–Crippen MR) is 93.3 cm³/mol. The lowest BCUT2D eigenvalue weighted by atomic mass is 10.1. The fourth-order valence-corrected chi connectivity index (χ4v) is 2.44. The van der Waals surface area contributed by atoms with Crippen molar-refractivity contribution in [1.29, 1.82) is 0 Å². The molecule has 1 aliphatic heterocycles. The topological polar surface area (TPSA) is 21.8 Å². The molecule has 122 valence electrons. The third kappa shape index (κ3) is 6.23. The van der Waals surface area contributed by atoms with Crippen molar-refractivity contribution in [1.82, 2.24) is 0 Å². The SMILES string of the molecule is CCCCCCCC/C=C/c1ccccc1OCC1(C)CO1. The molecule has 2 rings (SSSR count). The Morgan fingerprint density at radius 2 is 1.86 bits per heavy atom. The molecule has 1 aliphatic rings. The van der Waals surface area contributed by atoms with Gasteiger partial charge in [0.2, 0.25) is 0 Å². The van der Waals surface area contributed by atoms with Crippen LogP contribution in [0.4, 0.5) is 0 Å². The van der Waals surface area contributed by atoms with E-state index in [0.29, 0.717) is 6.61 Å². The summed E-state index contributed by atoms with van der Waals surface area (Å²) in [6.45, 7) is 5.79. The van der Waals surface area contributed by atoms with Gasteiger partial charge in [0, 0.05) is 5.56 Å². The first-order valence-electron chi connectivity index (χ1n) is 8.76. The molecule has 0 N–H and O–H groups in total. The number of hydrogen-bond donors (Lipinski definition) is 0. The quantitative estimate of drug-likeness (QED) is 0.391. The van der Waals surface area contributed by atoms with Crippen LogP contribution in [0.1, 0.15) is 64.4 Å². The minimum atomic E-state index is -0.0602. The van der Waals surface area contributed by atoms with Gasteiger partial charge in [-0.3, -0.25) is 0 Å². The van der Waals surface area contributed by atoms with Gasteiger partial charge in [0.1, 0.15) is 18.0 Å². The van der Waals surface area contributed by atoms with Crippen LogP contribution in [-0.4, -0.2) is 18.8 Å². The molecule has 0 bridgehead atoms. The molecule has 0 radical (unpaired) electrons. The van der Waals surface area contributed by atoms with E-state index in [4.69, 9.17) is 9.47 Å². The Balaban J connectivity index is 1.70. The van der Waals surface area contributed by atoms with E-state index in [0.717, 1.165) is 24.3 Å². The maximum absolute atomic E-state index is 5.91. The van der Waals surface area contributed by atoms with Crippen LogP contribution in [0.15, 0.2) is 30.3 Å². The molecule has 0 amide bonds. The van der Waals surface area contributed by atoms with Crippen LogP contribution in [-0.2, 0) is 4.74 Å². The Kier molecular flexibility index (Phi) is 6.98. The van der Waals surface area contributed by atoms with Crippen molar-refractivity contribution in [3.8, 4) is 5.75 Å². The largest absolute Gasteiger partial charge is 0.490 e. The van der Waals surface area contributed by atoms with Crippen LogP contribution in [0.3, 0.4) is 0 Å². The molecular formula is C20H30O2. The van der Waals surface area contributed by atoms with Gasteiger partial charge in [-0.25, -0.2) is 0 Å². The zero-order valence-corrected chi connectivity index (χ0v) is 14.1. The van der Waals surface area contributed by atoms with Crippen molar-refractivity contribution in [3.63, 3.8) is 0 Å². The lowest BCUT2D eigenvalue weighted by Gasteiger charge is -2.11. The fourth-order valence-electron chi connectivity index (χ4n) is 2.44. The zero-order chi connectivity index (χ0) is 15.7. The lowest BCUT2D eigenvalue weighted by molar-refractivity contribution is 0.202. The van der Waals surface area contributed by atoms with E-state index in [2.05, 4.69) is 38.1 Å². The summed E-state index contributed by atoms with van der Waals surface area (Å²) < 4.78 is 11.3. The van der Waals surface area contributed by atoms with Gasteiger partial charge in [0.05, 0.1) is 6.61 Å². The zero-order valence-electron chi connectivity index (χ0n) is 14.1. The third-order valence-corrected chi connectivity index (χ3v) is 4.11. The molecule has 0 saturated carbocycles. The average molecular weight is 302 g/mol. The molecule has 1 atom stereocenters. The highest BCUT2D eigenvalue weighted by Gasteiger charge is 2.40. The Morgan fingerprint density at radius 1 is 1.14 bits per heavy atom. The summed E-state index contributed by atoms with van der Waals surface area (Å²) in [4.78, 5) is 0. The molecule has 0 aromatic heterocycles. The highest BCUT2D eigenvalue weighted by molar-refractivity contribution is 5.57. The van der Waals surface area contributed by atoms with E-state index in [9.17, 15) is 0 Å². The van der Waals surface area contributed by atoms with Gasteiger partial charge in [0.15, 0.2) is 0 Å². The Morgan fingerprint density at radius 3 is 2.64 bits per heavy atom. The second-order valence-corrected chi connectivity index (χ2v) is 6.52. The molecule has 2 heteroatoms. The van der Waals surface area contributed by atoms with Crippen LogP contribution < -0.4 is 4.74 Å². The van der Waals surface area contributed by atoms with Gasteiger partial charge >= 0.3 is 0 Å². The van der Waals surface area contributed by atoms with E-state index < -0.39 is 0 Å².